The first kappa shape index (κ1) is 25.5. The van der Waals surface area contributed by atoms with Crippen LogP contribution in [-0.4, -0.2) is 36.7 Å². The third-order valence-corrected chi connectivity index (χ3v) is 9.12. The van der Waals surface area contributed by atoms with Crippen molar-refractivity contribution in [1.82, 2.24) is 0 Å². The van der Waals surface area contributed by atoms with Crippen LogP contribution in [0.1, 0.15) is 31.8 Å². The first-order valence-corrected chi connectivity index (χ1v) is 14.2. The Morgan fingerprint density at radius 2 is 1.51 bits per heavy atom. The van der Waals surface area contributed by atoms with Gasteiger partial charge in [-0.15, -0.1) is 0 Å². The van der Waals surface area contributed by atoms with E-state index in [1.54, 1.807) is 55.6 Å². The molecule has 3 heterocycles. The van der Waals surface area contributed by atoms with Gasteiger partial charge in [0, 0.05) is 27.0 Å². The summed E-state index contributed by atoms with van der Waals surface area (Å²) >= 11 is 3.46. The van der Waals surface area contributed by atoms with Crippen molar-refractivity contribution in [2.75, 3.05) is 17.3 Å². The number of ketones is 2. The van der Waals surface area contributed by atoms with Crippen LogP contribution in [0.2, 0.25) is 0 Å². The van der Waals surface area contributed by atoms with Crippen molar-refractivity contribution in [3.8, 4) is 5.75 Å². The normalized spacial score (nSPS) is 23.5. The summed E-state index contributed by atoms with van der Waals surface area (Å²) in [6, 6.07) is 27.8. The van der Waals surface area contributed by atoms with Crippen molar-refractivity contribution in [2.24, 2.45) is 5.92 Å². The SMILES string of the molecule is COc1ccc(C(=O)[C@@H]2[C@H](C(=O)c3ccc(Br)cc3)[C@]3(C(=O)Nc4ccccc43)[C@@H]3C=Cc4ccccc4N23)cc1. The number of fused-ring (bicyclic) bond motifs is 6. The van der Waals surface area contributed by atoms with Crippen LogP contribution in [0.5, 0.6) is 5.75 Å². The number of amides is 1. The lowest BCUT2D eigenvalue weighted by molar-refractivity contribution is -0.121. The number of carbonyl (C=O) groups excluding carboxylic acids is 3. The largest absolute Gasteiger partial charge is 0.497 e. The molecule has 7 rings (SSSR count). The Labute approximate surface area is 245 Å². The molecule has 0 aromatic heterocycles. The van der Waals surface area contributed by atoms with Gasteiger partial charge in [0.25, 0.3) is 0 Å². The van der Waals surface area contributed by atoms with Crippen LogP contribution in [-0.2, 0) is 10.2 Å². The molecule has 1 fully saturated rings. The van der Waals surface area contributed by atoms with E-state index in [0.717, 1.165) is 21.3 Å². The highest BCUT2D eigenvalue weighted by molar-refractivity contribution is 9.10. The molecule has 3 aliphatic rings. The van der Waals surface area contributed by atoms with Gasteiger partial charge < -0.3 is 15.0 Å². The van der Waals surface area contributed by atoms with Crippen molar-refractivity contribution in [1.29, 1.82) is 0 Å². The first-order valence-electron chi connectivity index (χ1n) is 13.4. The number of hydrogen-bond acceptors (Lipinski definition) is 5. The van der Waals surface area contributed by atoms with E-state index in [0.29, 0.717) is 22.6 Å². The molecule has 41 heavy (non-hydrogen) atoms. The molecule has 1 saturated heterocycles. The fourth-order valence-electron chi connectivity index (χ4n) is 6.84. The summed E-state index contributed by atoms with van der Waals surface area (Å²) in [4.78, 5) is 45.8. The van der Waals surface area contributed by atoms with Gasteiger partial charge in [-0.1, -0.05) is 76.6 Å². The lowest BCUT2D eigenvalue weighted by atomic mass is 9.64. The lowest BCUT2D eigenvalue weighted by Gasteiger charge is -2.37. The minimum atomic E-state index is -1.34. The molecular weight excluding hydrogens is 580 g/mol. The Balaban J connectivity index is 1.52. The highest BCUT2D eigenvalue weighted by Gasteiger charge is 2.70. The monoisotopic (exact) mass is 604 g/mol. The topological polar surface area (TPSA) is 75.7 Å². The number of nitrogens with one attached hydrogen (secondary N) is 1. The molecule has 3 aliphatic heterocycles. The Morgan fingerprint density at radius 3 is 2.27 bits per heavy atom. The Kier molecular flexibility index (Phi) is 5.94. The molecule has 1 N–H and O–H groups in total. The van der Waals surface area contributed by atoms with Crippen LogP contribution in [0, 0.1) is 5.92 Å². The van der Waals surface area contributed by atoms with E-state index in [2.05, 4.69) is 21.2 Å². The van der Waals surface area contributed by atoms with Crippen molar-refractivity contribution in [2.45, 2.75) is 17.5 Å². The molecule has 202 valence electrons. The number of anilines is 2. The number of halogens is 1. The van der Waals surface area contributed by atoms with E-state index in [9.17, 15) is 14.4 Å². The fraction of sp³-hybridized carbons (Fsp3) is 0.147. The van der Waals surface area contributed by atoms with Crippen LogP contribution in [0.3, 0.4) is 0 Å². The zero-order chi connectivity index (χ0) is 28.3. The van der Waals surface area contributed by atoms with Gasteiger partial charge in [0.15, 0.2) is 11.6 Å². The number of para-hydroxylation sites is 2. The lowest BCUT2D eigenvalue weighted by Crippen LogP contribution is -2.51. The third kappa shape index (κ3) is 3.65. The highest BCUT2D eigenvalue weighted by Crippen LogP contribution is 2.58. The van der Waals surface area contributed by atoms with Gasteiger partial charge in [0.2, 0.25) is 5.91 Å². The second-order valence-electron chi connectivity index (χ2n) is 10.5. The number of carbonyl (C=O) groups is 3. The molecule has 0 unspecified atom stereocenters. The van der Waals surface area contributed by atoms with Crippen LogP contribution >= 0.6 is 15.9 Å². The molecule has 0 radical (unpaired) electrons. The Hall–Kier alpha value is -4.49. The first-order chi connectivity index (χ1) is 19.9. The van der Waals surface area contributed by atoms with Crippen molar-refractivity contribution in [3.63, 3.8) is 0 Å². The molecule has 0 saturated carbocycles. The van der Waals surface area contributed by atoms with Crippen molar-refractivity contribution < 1.29 is 19.1 Å². The molecule has 4 atom stereocenters. The van der Waals surface area contributed by atoms with Gasteiger partial charge in [-0.05, 0) is 59.7 Å². The molecule has 7 heteroatoms. The summed E-state index contributed by atoms with van der Waals surface area (Å²) < 4.78 is 6.15. The third-order valence-electron chi connectivity index (χ3n) is 8.60. The van der Waals surface area contributed by atoms with Crippen molar-refractivity contribution >= 4 is 50.9 Å². The summed E-state index contributed by atoms with van der Waals surface area (Å²) in [5, 5.41) is 3.06. The standard InChI is InChI=1S/C34H25BrN2O4/c1-41-24-17-12-22(13-18-24)32(39)30-29(31(38)21-10-15-23(35)16-11-21)34(25-7-3-4-8-26(25)36-33(34)40)28-19-14-20-6-2-5-9-27(20)37(28)30/h2-19,28-30H,1H3,(H,36,40)/t28-,29+,30-,34+/m0/s1. The van der Waals surface area contributed by atoms with Crippen LogP contribution in [0.25, 0.3) is 6.08 Å². The van der Waals surface area contributed by atoms with E-state index < -0.39 is 23.4 Å². The number of benzene rings is 4. The van der Waals surface area contributed by atoms with Crippen LogP contribution < -0.4 is 15.0 Å². The fourth-order valence-corrected chi connectivity index (χ4v) is 7.10. The summed E-state index contributed by atoms with van der Waals surface area (Å²) in [5.74, 6) is -1.15. The smallest absolute Gasteiger partial charge is 0.238 e. The zero-order valence-electron chi connectivity index (χ0n) is 22.1. The number of ether oxygens (including phenoxy) is 1. The van der Waals surface area contributed by atoms with Crippen molar-refractivity contribution in [3.05, 3.63) is 130 Å². The Bertz CT molecular complexity index is 1750. The summed E-state index contributed by atoms with van der Waals surface area (Å²) in [5.41, 5.74) is 2.68. The van der Waals surface area contributed by atoms with Gasteiger partial charge in [-0.2, -0.15) is 0 Å². The average molecular weight is 605 g/mol. The zero-order valence-corrected chi connectivity index (χ0v) is 23.7. The van der Waals surface area contributed by atoms with Gasteiger partial charge in [-0.25, -0.2) is 0 Å². The number of methoxy groups -OCH3 is 1. The van der Waals surface area contributed by atoms with E-state index in [-0.39, 0.29) is 17.5 Å². The maximum absolute atomic E-state index is 14.8. The maximum atomic E-state index is 14.8. The second-order valence-corrected chi connectivity index (χ2v) is 11.4. The van der Waals surface area contributed by atoms with Gasteiger partial charge in [-0.3, -0.25) is 14.4 Å². The predicted molar refractivity (Wildman–Crippen MR) is 162 cm³/mol. The maximum Gasteiger partial charge on any atom is 0.238 e. The minimum Gasteiger partial charge on any atom is -0.497 e. The Morgan fingerprint density at radius 1 is 0.854 bits per heavy atom. The summed E-state index contributed by atoms with van der Waals surface area (Å²) in [7, 11) is 1.57. The van der Waals surface area contributed by atoms with Gasteiger partial charge >= 0.3 is 0 Å². The van der Waals surface area contributed by atoms with Crippen LogP contribution in [0.15, 0.2) is 108 Å². The molecule has 4 aromatic carbocycles. The van der Waals surface area contributed by atoms with Gasteiger partial charge in [0.1, 0.15) is 17.2 Å². The number of hydrogen-bond donors (Lipinski definition) is 1. The number of nitrogens with zero attached hydrogens (tertiary/aromatic N) is 1. The number of rotatable bonds is 5. The molecule has 1 spiro atoms. The van der Waals surface area contributed by atoms with Gasteiger partial charge in [0.05, 0.1) is 19.1 Å². The molecular formula is C34H25BrN2O4. The summed E-state index contributed by atoms with van der Waals surface area (Å²) in [6.07, 6.45) is 3.97. The number of Topliss-reactive ketones (excluding diaryl/α,β-unsaturated/α-hetero) is 2. The quantitative estimate of drug-likeness (QED) is 0.270. The molecule has 6 nitrogen and oxygen atoms in total. The van der Waals surface area contributed by atoms with Crippen LogP contribution in [0.4, 0.5) is 11.4 Å². The predicted octanol–water partition coefficient (Wildman–Crippen LogP) is 6.31. The highest BCUT2D eigenvalue weighted by atomic mass is 79.9. The van der Waals surface area contributed by atoms with E-state index in [1.165, 1.54) is 0 Å². The summed E-state index contributed by atoms with van der Waals surface area (Å²) in [6.45, 7) is 0. The molecule has 0 bridgehead atoms. The average Bonchev–Trinajstić information content (AvgIpc) is 3.49. The second kappa shape index (κ2) is 9.56. The minimum absolute atomic E-state index is 0.229. The van der Waals surface area contributed by atoms with E-state index >= 15 is 0 Å². The van der Waals surface area contributed by atoms with E-state index in [1.807, 2.05) is 65.6 Å². The molecule has 1 amide bonds. The molecule has 4 aromatic rings. The van der Waals surface area contributed by atoms with E-state index in [4.69, 9.17) is 4.74 Å². The molecule has 0 aliphatic carbocycles.